The fourth-order valence-corrected chi connectivity index (χ4v) is 3.07. The van der Waals surface area contributed by atoms with Crippen LogP contribution in [0.5, 0.6) is 0 Å². The second-order valence-corrected chi connectivity index (χ2v) is 5.88. The Bertz CT molecular complexity index is 639. The lowest BCUT2D eigenvalue weighted by atomic mass is 9.95. The van der Waals surface area contributed by atoms with E-state index in [-0.39, 0.29) is 11.8 Å². The number of carbonyl (C=O) groups is 2. The second-order valence-electron chi connectivity index (χ2n) is 5.88. The van der Waals surface area contributed by atoms with Gasteiger partial charge in [-0.2, -0.15) is 5.10 Å². The highest BCUT2D eigenvalue weighted by molar-refractivity contribution is 6.44. The highest BCUT2D eigenvalue weighted by atomic mass is 16.2. The van der Waals surface area contributed by atoms with E-state index in [0.717, 1.165) is 17.7 Å². The van der Waals surface area contributed by atoms with Crippen LogP contribution in [0.3, 0.4) is 0 Å². The van der Waals surface area contributed by atoms with Crippen molar-refractivity contribution in [3.8, 4) is 0 Å². The summed E-state index contributed by atoms with van der Waals surface area (Å²) < 4.78 is 0. The first-order valence-corrected chi connectivity index (χ1v) is 7.50. The Balaban J connectivity index is 1.91. The Morgan fingerprint density at radius 1 is 1.32 bits per heavy atom. The zero-order valence-electron chi connectivity index (χ0n) is 12.9. The predicted molar refractivity (Wildman–Crippen MR) is 84.7 cm³/mol. The second kappa shape index (κ2) is 5.88. The molecule has 22 heavy (non-hydrogen) atoms. The van der Waals surface area contributed by atoms with Crippen LogP contribution in [0.25, 0.3) is 0 Å². The lowest BCUT2D eigenvalue weighted by molar-refractivity contribution is -0.121. The number of hydrogen-bond donors (Lipinski definition) is 1. The largest absolute Gasteiger partial charge is 0.307 e. The summed E-state index contributed by atoms with van der Waals surface area (Å²) in [6.45, 7) is 0.658. The van der Waals surface area contributed by atoms with Crippen molar-refractivity contribution < 1.29 is 9.59 Å². The highest BCUT2D eigenvalue weighted by Crippen LogP contribution is 2.36. The third kappa shape index (κ3) is 2.62. The molecule has 2 heterocycles. The molecule has 3 rings (SSSR count). The standard InChI is InChI=1S/C16H20N4O2/c1-19(2)13-9-10-20(14-6-4-3-5-11(13)14)16(22)12-7-8-15(21)18-17-12/h3-6,13H,7-10H2,1-2H3,(H,18,21). The van der Waals surface area contributed by atoms with E-state index in [1.807, 2.05) is 18.2 Å². The van der Waals surface area contributed by atoms with Gasteiger partial charge >= 0.3 is 0 Å². The number of nitrogens with zero attached hydrogens (tertiary/aromatic N) is 3. The van der Waals surface area contributed by atoms with Gasteiger partial charge in [-0.25, -0.2) is 5.43 Å². The van der Waals surface area contributed by atoms with E-state index in [1.54, 1.807) is 4.90 Å². The van der Waals surface area contributed by atoms with Gasteiger partial charge in [-0.15, -0.1) is 0 Å². The van der Waals surface area contributed by atoms with Crippen molar-refractivity contribution in [2.24, 2.45) is 5.10 Å². The van der Waals surface area contributed by atoms with E-state index in [4.69, 9.17) is 0 Å². The normalized spacial score (nSPS) is 21.2. The molecule has 0 fully saturated rings. The topological polar surface area (TPSA) is 65.0 Å². The van der Waals surface area contributed by atoms with Crippen molar-refractivity contribution in [3.63, 3.8) is 0 Å². The minimum Gasteiger partial charge on any atom is -0.307 e. The van der Waals surface area contributed by atoms with E-state index in [2.05, 4.69) is 35.6 Å². The number of rotatable bonds is 2. The number of nitrogens with one attached hydrogen (secondary N) is 1. The predicted octanol–water partition coefficient (Wildman–Crippen LogP) is 1.29. The van der Waals surface area contributed by atoms with Gasteiger partial charge in [0.25, 0.3) is 5.91 Å². The minimum atomic E-state index is -0.136. The van der Waals surface area contributed by atoms with Crippen LogP contribution in [-0.4, -0.2) is 43.1 Å². The van der Waals surface area contributed by atoms with Crippen LogP contribution in [0.2, 0.25) is 0 Å². The van der Waals surface area contributed by atoms with Crippen LogP contribution in [0.4, 0.5) is 5.69 Å². The zero-order chi connectivity index (χ0) is 15.7. The summed E-state index contributed by atoms with van der Waals surface area (Å²) in [5.41, 5.74) is 4.93. The van der Waals surface area contributed by atoms with Crippen molar-refractivity contribution in [2.45, 2.75) is 25.3 Å². The van der Waals surface area contributed by atoms with Crippen LogP contribution in [0, 0.1) is 0 Å². The van der Waals surface area contributed by atoms with Gasteiger partial charge in [0.1, 0.15) is 5.71 Å². The summed E-state index contributed by atoms with van der Waals surface area (Å²) in [6.07, 6.45) is 1.61. The van der Waals surface area contributed by atoms with Crippen LogP contribution < -0.4 is 10.3 Å². The number of amides is 2. The SMILES string of the molecule is CN(C)C1CCN(C(=O)C2=NNC(=O)CC2)c2ccccc21. The summed E-state index contributed by atoms with van der Waals surface area (Å²) in [5, 5.41) is 3.93. The Kier molecular flexibility index (Phi) is 3.94. The monoisotopic (exact) mass is 300 g/mol. The molecule has 0 bridgehead atoms. The van der Waals surface area contributed by atoms with E-state index in [9.17, 15) is 9.59 Å². The molecule has 0 aliphatic carbocycles. The summed E-state index contributed by atoms with van der Waals surface area (Å²) in [5.74, 6) is -0.243. The lowest BCUT2D eigenvalue weighted by Gasteiger charge is -2.37. The van der Waals surface area contributed by atoms with Crippen LogP contribution in [-0.2, 0) is 9.59 Å². The quantitative estimate of drug-likeness (QED) is 0.895. The average molecular weight is 300 g/mol. The van der Waals surface area contributed by atoms with E-state index in [0.29, 0.717) is 31.1 Å². The Labute approximate surface area is 129 Å². The maximum Gasteiger partial charge on any atom is 0.274 e. The summed E-state index contributed by atoms with van der Waals surface area (Å²) >= 11 is 0. The molecule has 1 N–H and O–H groups in total. The van der Waals surface area contributed by atoms with Crippen molar-refractivity contribution in [1.29, 1.82) is 0 Å². The summed E-state index contributed by atoms with van der Waals surface area (Å²) in [4.78, 5) is 27.9. The number of hydrogen-bond acceptors (Lipinski definition) is 4. The number of fused-ring (bicyclic) bond motifs is 1. The van der Waals surface area contributed by atoms with E-state index in [1.165, 1.54) is 0 Å². The number of anilines is 1. The fourth-order valence-electron chi connectivity index (χ4n) is 3.07. The molecule has 6 heteroatoms. The molecule has 0 radical (unpaired) electrons. The molecule has 0 spiro atoms. The molecule has 6 nitrogen and oxygen atoms in total. The molecule has 2 aliphatic heterocycles. The average Bonchev–Trinajstić information content (AvgIpc) is 2.53. The van der Waals surface area contributed by atoms with Crippen molar-refractivity contribution in [1.82, 2.24) is 10.3 Å². The van der Waals surface area contributed by atoms with E-state index >= 15 is 0 Å². The molecule has 2 aliphatic rings. The van der Waals surface area contributed by atoms with Crippen LogP contribution >= 0.6 is 0 Å². The third-order valence-electron chi connectivity index (χ3n) is 4.23. The van der Waals surface area contributed by atoms with Gasteiger partial charge < -0.3 is 9.80 Å². The molecule has 0 aromatic heterocycles. The fraction of sp³-hybridized carbons (Fsp3) is 0.438. The van der Waals surface area contributed by atoms with Gasteiger partial charge in [0.15, 0.2) is 0 Å². The third-order valence-corrected chi connectivity index (χ3v) is 4.23. The Hall–Kier alpha value is -2.21. The van der Waals surface area contributed by atoms with Crippen LogP contribution in [0.1, 0.15) is 30.9 Å². The molecule has 116 valence electrons. The zero-order valence-corrected chi connectivity index (χ0v) is 12.9. The van der Waals surface area contributed by atoms with Crippen molar-refractivity contribution in [2.75, 3.05) is 25.5 Å². The first kappa shape index (κ1) is 14.7. The number of para-hydroxylation sites is 1. The first-order chi connectivity index (χ1) is 10.6. The lowest BCUT2D eigenvalue weighted by Crippen LogP contribution is -2.44. The molecular weight excluding hydrogens is 280 g/mol. The van der Waals surface area contributed by atoms with Crippen molar-refractivity contribution >= 4 is 23.2 Å². The Morgan fingerprint density at radius 2 is 2.09 bits per heavy atom. The van der Waals surface area contributed by atoms with Crippen LogP contribution in [0.15, 0.2) is 29.4 Å². The summed E-state index contributed by atoms with van der Waals surface area (Å²) in [7, 11) is 4.11. The smallest absolute Gasteiger partial charge is 0.274 e. The molecule has 1 atom stereocenters. The number of carbonyl (C=O) groups excluding carboxylic acids is 2. The molecule has 0 saturated heterocycles. The number of benzene rings is 1. The molecule has 1 aromatic carbocycles. The first-order valence-electron chi connectivity index (χ1n) is 7.50. The van der Waals surface area contributed by atoms with Crippen molar-refractivity contribution in [3.05, 3.63) is 29.8 Å². The van der Waals surface area contributed by atoms with Gasteiger partial charge in [0.2, 0.25) is 5.91 Å². The maximum atomic E-state index is 12.7. The molecule has 0 saturated carbocycles. The van der Waals surface area contributed by atoms with Gasteiger partial charge in [0.05, 0.1) is 0 Å². The molecule has 2 amide bonds. The highest BCUT2D eigenvalue weighted by Gasteiger charge is 2.32. The van der Waals surface area contributed by atoms with E-state index < -0.39 is 0 Å². The van der Waals surface area contributed by atoms with Gasteiger partial charge in [0, 0.05) is 31.1 Å². The molecular formula is C16H20N4O2. The summed E-state index contributed by atoms with van der Waals surface area (Å²) in [6, 6.07) is 8.31. The van der Waals surface area contributed by atoms with Gasteiger partial charge in [-0.1, -0.05) is 18.2 Å². The van der Waals surface area contributed by atoms with Gasteiger partial charge in [-0.3, -0.25) is 9.59 Å². The molecule has 1 unspecified atom stereocenters. The molecule has 1 aromatic rings. The number of hydrazone groups is 1. The maximum absolute atomic E-state index is 12.7. The minimum absolute atomic E-state index is 0.107. The van der Waals surface area contributed by atoms with Gasteiger partial charge in [-0.05, 0) is 32.1 Å². The Morgan fingerprint density at radius 3 is 2.77 bits per heavy atom.